The van der Waals surface area contributed by atoms with Crippen LogP contribution >= 0.6 is 0 Å². The van der Waals surface area contributed by atoms with Crippen LogP contribution in [0.25, 0.3) is 11.3 Å². The molecule has 0 aliphatic heterocycles. The topological polar surface area (TPSA) is 109 Å². The molecule has 150 valence electrons. The quantitative estimate of drug-likeness (QED) is 0.421. The zero-order valence-corrected chi connectivity index (χ0v) is 16.4. The minimum Gasteiger partial charge on any atom is -0.504 e. The summed E-state index contributed by atoms with van der Waals surface area (Å²) in [5.41, 5.74) is 5.42. The fraction of sp³-hybridized carbons (Fsp3) is 0.190. The largest absolute Gasteiger partial charge is 0.504 e. The molecular formula is C21H22N4O4. The number of nitrogens with zero attached hydrogens (tertiary/aromatic N) is 2. The molecule has 0 spiro atoms. The highest BCUT2D eigenvalue weighted by atomic mass is 16.5. The molecule has 3 N–H and O–H groups in total. The fourth-order valence-electron chi connectivity index (χ4n) is 2.70. The molecule has 8 nitrogen and oxygen atoms in total. The van der Waals surface area contributed by atoms with Crippen molar-refractivity contribution in [1.82, 2.24) is 15.6 Å². The van der Waals surface area contributed by atoms with E-state index in [-0.39, 0.29) is 11.4 Å². The summed E-state index contributed by atoms with van der Waals surface area (Å²) in [4.78, 5) is 12.4. The Bertz CT molecular complexity index is 1040. The van der Waals surface area contributed by atoms with Crippen LogP contribution in [0.5, 0.6) is 17.2 Å². The third-order valence-electron chi connectivity index (χ3n) is 4.21. The Morgan fingerprint density at radius 2 is 2.00 bits per heavy atom. The second-order valence-corrected chi connectivity index (χ2v) is 6.12. The van der Waals surface area contributed by atoms with E-state index in [9.17, 15) is 9.90 Å². The van der Waals surface area contributed by atoms with Crippen LogP contribution in [0.2, 0.25) is 0 Å². The van der Waals surface area contributed by atoms with E-state index in [1.165, 1.54) is 13.2 Å². The number of ether oxygens (including phenoxy) is 2. The Morgan fingerprint density at radius 1 is 1.21 bits per heavy atom. The van der Waals surface area contributed by atoms with E-state index >= 15 is 0 Å². The molecule has 1 aromatic heterocycles. The number of aromatic hydroxyl groups is 1. The van der Waals surface area contributed by atoms with E-state index in [1.807, 2.05) is 31.2 Å². The summed E-state index contributed by atoms with van der Waals surface area (Å²) in [6.45, 7) is 4.18. The van der Waals surface area contributed by atoms with Crippen molar-refractivity contribution in [3.05, 3.63) is 59.8 Å². The van der Waals surface area contributed by atoms with Gasteiger partial charge in [0, 0.05) is 11.1 Å². The van der Waals surface area contributed by atoms with Crippen molar-refractivity contribution in [1.29, 1.82) is 0 Å². The Balaban J connectivity index is 1.75. The highest BCUT2D eigenvalue weighted by molar-refractivity contribution is 6.01. The highest BCUT2D eigenvalue weighted by Crippen LogP contribution is 2.29. The van der Waals surface area contributed by atoms with E-state index < -0.39 is 5.91 Å². The first-order chi connectivity index (χ1) is 14.0. The lowest BCUT2D eigenvalue weighted by Crippen LogP contribution is -2.19. The molecule has 0 fully saturated rings. The Kier molecular flexibility index (Phi) is 6.13. The van der Waals surface area contributed by atoms with Crippen LogP contribution in [0.15, 0.2) is 53.6 Å². The summed E-state index contributed by atoms with van der Waals surface area (Å²) < 4.78 is 10.7. The first kappa shape index (κ1) is 19.9. The predicted molar refractivity (Wildman–Crippen MR) is 110 cm³/mol. The molecule has 29 heavy (non-hydrogen) atoms. The minimum absolute atomic E-state index is 0.0328. The van der Waals surface area contributed by atoms with Crippen molar-refractivity contribution < 1.29 is 19.4 Å². The van der Waals surface area contributed by atoms with Gasteiger partial charge in [-0.3, -0.25) is 9.89 Å². The third-order valence-corrected chi connectivity index (χ3v) is 4.21. The summed E-state index contributed by atoms with van der Waals surface area (Å²) in [7, 11) is 1.46. The number of benzene rings is 2. The van der Waals surface area contributed by atoms with Crippen molar-refractivity contribution in [3.63, 3.8) is 0 Å². The van der Waals surface area contributed by atoms with E-state index in [1.54, 1.807) is 25.1 Å². The Morgan fingerprint density at radius 3 is 2.76 bits per heavy atom. The van der Waals surface area contributed by atoms with Gasteiger partial charge >= 0.3 is 0 Å². The SMILES string of the molecule is CCOc1ccccc1-c1cc(C(=O)NN=C(C)c2ccc(O)c(OC)c2)[nH]n1. The van der Waals surface area contributed by atoms with E-state index in [2.05, 4.69) is 20.7 Å². The van der Waals surface area contributed by atoms with E-state index in [0.29, 0.717) is 35.1 Å². The zero-order chi connectivity index (χ0) is 20.8. The number of hydrogen-bond donors (Lipinski definition) is 3. The number of nitrogens with one attached hydrogen (secondary N) is 2. The molecule has 0 aliphatic carbocycles. The van der Waals surface area contributed by atoms with Crippen LogP contribution in [0.4, 0.5) is 0 Å². The van der Waals surface area contributed by atoms with Gasteiger partial charge in [0.25, 0.3) is 5.91 Å². The van der Waals surface area contributed by atoms with Gasteiger partial charge in [-0.25, -0.2) is 5.43 Å². The standard InChI is InChI=1S/C21H22N4O4/c1-4-29-19-8-6-5-7-15(19)16-12-17(24-23-16)21(27)25-22-13(2)14-9-10-18(26)20(11-14)28-3/h5-12,26H,4H2,1-3H3,(H,23,24)(H,25,27). The lowest BCUT2D eigenvalue weighted by atomic mass is 10.1. The number of phenolic OH excluding ortho intramolecular Hbond substituents is 1. The van der Waals surface area contributed by atoms with Crippen molar-refractivity contribution >= 4 is 11.6 Å². The second-order valence-electron chi connectivity index (χ2n) is 6.12. The van der Waals surface area contributed by atoms with Crippen molar-refractivity contribution in [3.8, 4) is 28.5 Å². The molecule has 0 bridgehead atoms. The number of amides is 1. The van der Waals surface area contributed by atoms with Gasteiger partial charge < -0.3 is 14.6 Å². The Labute approximate surface area is 168 Å². The number of para-hydroxylation sites is 1. The monoisotopic (exact) mass is 394 g/mol. The van der Waals surface area contributed by atoms with Crippen LogP contribution in [0.1, 0.15) is 29.9 Å². The van der Waals surface area contributed by atoms with E-state index in [4.69, 9.17) is 9.47 Å². The number of carbonyl (C=O) groups excluding carboxylic acids is 1. The van der Waals surface area contributed by atoms with Gasteiger partial charge in [0.05, 0.1) is 25.1 Å². The molecule has 2 aromatic carbocycles. The normalized spacial score (nSPS) is 11.2. The van der Waals surface area contributed by atoms with Crippen LogP contribution in [0.3, 0.4) is 0 Å². The number of phenols is 1. The summed E-state index contributed by atoms with van der Waals surface area (Å²) in [6, 6.07) is 14.0. The highest BCUT2D eigenvalue weighted by Gasteiger charge is 2.14. The van der Waals surface area contributed by atoms with Crippen molar-refractivity contribution in [2.75, 3.05) is 13.7 Å². The van der Waals surface area contributed by atoms with Crippen molar-refractivity contribution in [2.45, 2.75) is 13.8 Å². The Hall–Kier alpha value is -3.81. The van der Waals surface area contributed by atoms with Crippen molar-refractivity contribution in [2.24, 2.45) is 5.10 Å². The van der Waals surface area contributed by atoms with E-state index in [0.717, 1.165) is 5.56 Å². The van der Waals surface area contributed by atoms with Crippen LogP contribution in [0, 0.1) is 0 Å². The number of hydrazone groups is 1. The molecule has 0 aliphatic rings. The first-order valence-corrected chi connectivity index (χ1v) is 9.03. The molecule has 0 saturated carbocycles. The average molecular weight is 394 g/mol. The maximum absolute atomic E-state index is 12.4. The third kappa shape index (κ3) is 4.55. The molecule has 0 radical (unpaired) electrons. The summed E-state index contributed by atoms with van der Waals surface area (Å²) in [6.07, 6.45) is 0. The summed E-state index contributed by atoms with van der Waals surface area (Å²) in [5, 5.41) is 20.7. The smallest absolute Gasteiger partial charge is 0.289 e. The van der Waals surface area contributed by atoms with Gasteiger partial charge in [0.1, 0.15) is 11.4 Å². The van der Waals surface area contributed by atoms with Gasteiger partial charge in [-0.2, -0.15) is 10.2 Å². The summed E-state index contributed by atoms with van der Waals surface area (Å²) >= 11 is 0. The molecule has 1 heterocycles. The maximum atomic E-state index is 12.4. The van der Waals surface area contributed by atoms with Crippen LogP contribution < -0.4 is 14.9 Å². The minimum atomic E-state index is -0.428. The summed E-state index contributed by atoms with van der Waals surface area (Å²) in [5.74, 6) is 0.631. The number of rotatable bonds is 7. The number of aromatic amines is 1. The molecule has 3 aromatic rings. The first-order valence-electron chi connectivity index (χ1n) is 9.03. The fourth-order valence-corrected chi connectivity index (χ4v) is 2.70. The molecule has 3 rings (SSSR count). The van der Waals surface area contributed by atoms with Gasteiger partial charge in [0.2, 0.25) is 0 Å². The van der Waals surface area contributed by atoms with Crippen LogP contribution in [-0.2, 0) is 0 Å². The lowest BCUT2D eigenvalue weighted by Gasteiger charge is -2.07. The zero-order valence-electron chi connectivity index (χ0n) is 16.4. The van der Waals surface area contributed by atoms with Gasteiger partial charge in [-0.05, 0) is 50.2 Å². The molecule has 0 atom stereocenters. The molecule has 1 amide bonds. The lowest BCUT2D eigenvalue weighted by molar-refractivity contribution is 0.0950. The molecule has 8 heteroatoms. The van der Waals surface area contributed by atoms with Gasteiger partial charge in [-0.1, -0.05) is 12.1 Å². The number of aromatic nitrogens is 2. The maximum Gasteiger partial charge on any atom is 0.289 e. The number of carbonyl (C=O) groups is 1. The number of H-pyrrole nitrogens is 1. The molecule has 0 unspecified atom stereocenters. The van der Waals surface area contributed by atoms with Gasteiger partial charge in [0.15, 0.2) is 11.5 Å². The molecule has 0 saturated heterocycles. The predicted octanol–water partition coefficient (Wildman–Crippen LogP) is 3.34. The number of hydrogen-bond acceptors (Lipinski definition) is 6. The molecular weight excluding hydrogens is 372 g/mol. The van der Waals surface area contributed by atoms with Gasteiger partial charge in [-0.15, -0.1) is 0 Å². The average Bonchev–Trinajstić information content (AvgIpc) is 3.23. The number of methoxy groups -OCH3 is 1. The van der Waals surface area contributed by atoms with Crippen LogP contribution in [-0.4, -0.2) is 40.6 Å². The second kappa shape index (κ2) is 8.92.